The highest BCUT2D eigenvalue weighted by molar-refractivity contribution is 5.99. The highest BCUT2D eigenvalue weighted by atomic mass is 16.5. The van der Waals surface area contributed by atoms with Crippen molar-refractivity contribution in [1.82, 2.24) is 10.0 Å². The largest absolute Gasteiger partial charge is 0.497 e. The van der Waals surface area contributed by atoms with Crippen molar-refractivity contribution in [3.05, 3.63) is 48.5 Å². The first-order chi connectivity index (χ1) is 16.4. The summed E-state index contributed by atoms with van der Waals surface area (Å²) in [6, 6.07) is 13.7. The molecular weight excluding hydrogens is 440 g/mol. The third kappa shape index (κ3) is 4.95. The summed E-state index contributed by atoms with van der Waals surface area (Å²) >= 11 is 0. The number of nitrogens with one attached hydrogen (secondary N) is 2. The molecule has 2 aromatic carbocycles. The topological polar surface area (TPSA) is 117 Å². The molecule has 2 N–H and O–H groups in total. The zero-order valence-electron chi connectivity index (χ0n) is 18.9. The fraction of sp³-hybridized carbons (Fsp3) is 0.333. The van der Waals surface area contributed by atoms with E-state index in [1.165, 1.54) is 10.0 Å². The Morgan fingerprint density at radius 3 is 1.38 bits per heavy atom. The molecule has 4 amide bonds. The maximum absolute atomic E-state index is 12.7. The molecule has 2 unspecified atom stereocenters. The summed E-state index contributed by atoms with van der Waals surface area (Å²) in [6.45, 7) is 0.165. The van der Waals surface area contributed by atoms with Gasteiger partial charge in [0.2, 0.25) is 23.6 Å². The van der Waals surface area contributed by atoms with Gasteiger partial charge in [0, 0.05) is 24.2 Å². The van der Waals surface area contributed by atoms with E-state index in [1.807, 2.05) is 0 Å². The Morgan fingerprint density at radius 1 is 0.706 bits per heavy atom. The summed E-state index contributed by atoms with van der Waals surface area (Å²) in [5, 5.41) is 8.17. The molecule has 0 radical (unpaired) electrons. The molecule has 2 atom stereocenters. The minimum Gasteiger partial charge on any atom is -0.497 e. The normalized spacial score (nSPS) is 19.8. The summed E-state index contributed by atoms with van der Waals surface area (Å²) in [6.07, 6.45) is -0.0110. The molecule has 0 spiro atoms. The van der Waals surface area contributed by atoms with Crippen LogP contribution in [0.1, 0.15) is 12.8 Å². The summed E-state index contributed by atoms with van der Waals surface area (Å²) in [4.78, 5) is 50.6. The van der Waals surface area contributed by atoms with Gasteiger partial charge in [-0.1, -0.05) is 0 Å². The molecule has 0 saturated carbocycles. The maximum Gasteiger partial charge on any atom is 0.242 e. The molecule has 10 heteroatoms. The monoisotopic (exact) mass is 466 g/mol. The lowest BCUT2D eigenvalue weighted by atomic mass is 10.1. The van der Waals surface area contributed by atoms with Crippen molar-refractivity contribution in [1.29, 1.82) is 0 Å². The van der Waals surface area contributed by atoms with Crippen molar-refractivity contribution in [2.24, 2.45) is 11.8 Å². The smallest absolute Gasteiger partial charge is 0.242 e. The Hall–Kier alpha value is -4.08. The van der Waals surface area contributed by atoms with Gasteiger partial charge < -0.3 is 20.1 Å². The molecule has 2 saturated heterocycles. The number of carbonyl (C=O) groups is 4. The lowest BCUT2D eigenvalue weighted by Crippen LogP contribution is -2.45. The Labute approximate surface area is 196 Å². The molecule has 2 fully saturated rings. The lowest BCUT2D eigenvalue weighted by Gasteiger charge is -2.28. The van der Waals surface area contributed by atoms with E-state index < -0.39 is 11.8 Å². The Bertz CT molecular complexity index is 998. The zero-order valence-corrected chi connectivity index (χ0v) is 18.9. The van der Waals surface area contributed by atoms with E-state index in [4.69, 9.17) is 9.47 Å². The SMILES string of the molecule is COc1ccc(NC(=O)C2CC(=O)N(N3CC(C(=O)Nc4ccc(OC)cc4)CC3=O)C2)cc1. The van der Waals surface area contributed by atoms with Gasteiger partial charge in [0.05, 0.1) is 39.1 Å². The van der Waals surface area contributed by atoms with Crippen LogP contribution in [0, 0.1) is 11.8 Å². The second-order valence-corrected chi connectivity index (χ2v) is 8.19. The maximum atomic E-state index is 12.7. The summed E-state index contributed by atoms with van der Waals surface area (Å²) in [5.74, 6) is -1.12. The number of nitrogens with zero attached hydrogens (tertiary/aromatic N) is 2. The van der Waals surface area contributed by atoms with Crippen molar-refractivity contribution in [2.75, 3.05) is 37.9 Å². The van der Waals surface area contributed by atoms with Gasteiger partial charge in [-0.05, 0) is 48.5 Å². The first-order valence-electron chi connectivity index (χ1n) is 10.9. The molecule has 2 aliphatic rings. The van der Waals surface area contributed by atoms with Crippen LogP contribution in [0.4, 0.5) is 11.4 Å². The van der Waals surface area contributed by atoms with E-state index in [-0.39, 0.29) is 49.6 Å². The van der Waals surface area contributed by atoms with E-state index in [0.29, 0.717) is 22.9 Å². The van der Waals surface area contributed by atoms with Crippen molar-refractivity contribution in [3.63, 3.8) is 0 Å². The van der Waals surface area contributed by atoms with Crippen molar-refractivity contribution >= 4 is 35.0 Å². The molecule has 2 aliphatic heterocycles. The van der Waals surface area contributed by atoms with Crippen molar-refractivity contribution in [3.8, 4) is 11.5 Å². The van der Waals surface area contributed by atoms with Crippen LogP contribution < -0.4 is 20.1 Å². The summed E-state index contributed by atoms with van der Waals surface area (Å²) in [5.41, 5.74) is 1.17. The van der Waals surface area contributed by atoms with Crippen LogP contribution >= 0.6 is 0 Å². The molecule has 0 bridgehead atoms. The quantitative estimate of drug-likeness (QED) is 0.644. The molecule has 2 heterocycles. The van der Waals surface area contributed by atoms with Gasteiger partial charge in [-0.25, -0.2) is 0 Å². The van der Waals surface area contributed by atoms with E-state index in [0.717, 1.165) is 0 Å². The van der Waals surface area contributed by atoms with Gasteiger partial charge in [0.25, 0.3) is 0 Å². The van der Waals surface area contributed by atoms with Crippen LogP contribution in [0.25, 0.3) is 0 Å². The Kier molecular flexibility index (Phi) is 6.67. The third-order valence-electron chi connectivity index (χ3n) is 5.95. The van der Waals surface area contributed by atoms with Crippen molar-refractivity contribution in [2.45, 2.75) is 12.8 Å². The van der Waals surface area contributed by atoms with Gasteiger partial charge in [-0.15, -0.1) is 0 Å². The second-order valence-electron chi connectivity index (χ2n) is 8.19. The number of benzene rings is 2. The van der Waals surface area contributed by atoms with Crippen LogP contribution in [0.2, 0.25) is 0 Å². The molecule has 178 valence electrons. The number of ether oxygens (including phenoxy) is 2. The van der Waals surface area contributed by atoms with Crippen LogP contribution in [0.3, 0.4) is 0 Å². The van der Waals surface area contributed by atoms with Crippen LogP contribution in [-0.2, 0) is 19.2 Å². The number of hydrazine groups is 1. The average molecular weight is 466 g/mol. The molecule has 0 aliphatic carbocycles. The highest BCUT2D eigenvalue weighted by Gasteiger charge is 2.44. The first-order valence-corrected chi connectivity index (χ1v) is 10.9. The predicted octanol–water partition coefficient (Wildman–Crippen LogP) is 1.89. The number of hydrogen-bond donors (Lipinski definition) is 2. The molecular formula is C24H26N4O6. The average Bonchev–Trinajstić information content (AvgIpc) is 3.42. The van der Waals surface area contributed by atoms with Crippen LogP contribution in [-0.4, -0.2) is 61.0 Å². The minimum absolute atomic E-state index is 0.00548. The fourth-order valence-electron chi connectivity index (χ4n) is 4.04. The van der Waals surface area contributed by atoms with Gasteiger partial charge in [0.1, 0.15) is 11.5 Å². The van der Waals surface area contributed by atoms with Crippen LogP contribution in [0.15, 0.2) is 48.5 Å². The minimum atomic E-state index is -0.602. The Morgan fingerprint density at radius 2 is 1.06 bits per heavy atom. The number of rotatable bonds is 7. The van der Waals surface area contributed by atoms with E-state index in [9.17, 15) is 19.2 Å². The fourth-order valence-corrected chi connectivity index (χ4v) is 4.04. The predicted molar refractivity (Wildman–Crippen MR) is 123 cm³/mol. The van der Waals surface area contributed by atoms with E-state index >= 15 is 0 Å². The second kappa shape index (κ2) is 9.82. The Balaban J connectivity index is 1.34. The van der Waals surface area contributed by atoms with E-state index in [1.54, 1.807) is 62.8 Å². The standard InChI is InChI=1S/C24H26N4O6/c1-33-19-7-3-17(4-8-19)25-23(31)15-11-21(29)27(13-15)28-14-16(12-22(28)30)24(32)26-18-5-9-20(34-2)10-6-18/h3-10,15-16H,11-14H2,1-2H3,(H,25,31)(H,26,32). The number of hydrogen-bond acceptors (Lipinski definition) is 6. The number of amides is 4. The van der Waals surface area contributed by atoms with Crippen LogP contribution in [0.5, 0.6) is 11.5 Å². The molecule has 2 aromatic rings. The number of anilines is 2. The third-order valence-corrected chi connectivity index (χ3v) is 5.95. The zero-order chi connectivity index (χ0) is 24.2. The first kappa shape index (κ1) is 23.1. The van der Waals surface area contributed by atoms with E-state index in [2.05, 4.69) is 10.6 Å². The van der Waals surface area contributed by atoms with Gasteiger partial charge in [-0.2, -0.15) is 0 Å². The van der Waals surface area contributed by atoms with Gasteiger partial charge >= 0.3 is 0 Å². The number of carbonyl (C=O) groups excluding carboxylic acids is 4. The molecule has 0 aromatic heterocycles. The summed E-state index contributed by atoms with van der Waals surface area (Å²) < 4.78 is 10.2. The van der Waals surface area contributed by atoms with Gasteiger partial charge in [0.15, 0.2) is 0 Å². The van der Waals surface area contributed by atoms with Crippen molar-refractivity contribution < 1.29 is 28.7 Å². The molecule has 34 heavy (non-hydrogen) atoms. The molecule has 10 nitrogen and oxygen atoms in total. The number of methoxy groups -OCH3 is 2. The summed E-state index contributed by atoms with van der Waals surface area (Å²) in [7, 11) is 3.11. The molecule has 4 rings (SSSR count). The van der Waals surface area contributed by atoms with Gasteiger partial charge in [-0.3, -0.25) is 29.2 Å². The lowest BCUT2D eigenvalue weighted by molar-refractivity contribution is -0.155. The highest BCUT2D eigenvalue weighted by Crippen LogP contribution is 2.28.